The van der Waals surface area contributed by atoms with Crippen molar-refractivity contribution in [1.29, 1.82) is 0 Å². The smallest absolute Gasteiger partial charge is 0.295 e. The molecular weight excluding hydrogens is 386 g/mol. The van der Waals surface area contributed by atoms with E-state index in [0.717, 1.165) is 10.0 Å². The van der Waals surface area contributed by atoms with Crippen LogP contribution >= 0.6 is 15.9 Å². The Bertz CT molecular complexity index is 828. The molecule has 0 spiro atoms. The molecule has 1 amide bonds. The second-order valence-corrected chi connectivity index (χ2v) is 7.01. The van der Waals surface area contributed by atoms with Crippen LogP contribution in [0.3, 0.4) is 0 Å². The van der Waals surface area contributed by atoms with Crippen molar-refractivity contribution >= 4 is 27.7 Å². The third-order valence-corrected chi connectivity index (χ3v) is 4.88. The second-order valence-electron chi connectivity index (χ2n) is 6.09. The number of amidine groups is 1. The lowest BCUT2D eigenvalue weighted by molar-refractivity contribution is 0.0996. The summed E-state index contributed by atoms with van der Waals surface area (Å²) in [5, 5.41) is 0. The number of nitrogens with zero attached hydrogens (tertiary/aromatic N) is 1. The fourth-order valence-electron chi connectivity index (χ4n) is 2.43. The summed E-state index contributed by atoms with van der Waals surface area (Å²) in [6.45, 7) is 6.01. The molecule has 134 valence electrons. The van der Waals surface area contributed by atoms with E-state index in [9.17, 15) is 9.59 Å². The number of aromatic amines is 1. The van der Waals surface area contributed by atoms with Crippen molar-refractivity contribution in [3.63, 3.8) is 0 Å². The molecule has 2 aromatic rings. The van der Waals surface area contributed by atoms with E-state index >= 15 is 0 Å². The first-order valence-electron chi connectivity index (χ1n) is 7.59. The van der Waals surface area contributed by atoms with E-state index in [4.69, 9.17) is 5.73 Å². The van der Waals surface area contributed by atoms with Crippen LogP contribution in [0.15, 0.2) is 56.7 Å². The third-order valence-electron chi connectivity index (χ3n) is 4.35. The van der Waals surface area contributed by atoms with Crippen molar-refractivity contribution in [2.75, 3.05) is 0 Å². The van der Waals surface area contributed by atoms with Gasteiger partial charge in [-0.05, 0) is 36.6 Å². The number of hydrogen-bond acceptors (Lipinski definition) is 2. The number of nitrogens with one attached hydrogen (secondary N) is 1. The Kier molecular flexibility index (Phi) is 6.84. The van der Waals surface area contributed by atoms with Crippen LogP contribution in [-0.4, -0.2) is 22.2 Å². The van der Waals surface area contributed by atoms with Crippen LogP contribution in [0.25, 0.3) is 0 Å². The number of carbonyl (C=O) groups is 1. The van der Waals surface area contributed by atoms with Gasteiger partial charge in [0, 0.05) is 10.5 Å². The van der Waals surface area contributed by atoms with Crippen molar-refractivity contribution in [2.24, 2.45) is 16.6 Å². The lowest BCUT2D eigenvalue weighted by atomic mass is 9.72. The first kappa shape index (κ1) is 20.8. The number of nitrogens with two attached hydrogens (primary N) is 1. The maximum absolute atomic E-state index is 12.3. The molecule has 2 rings (SSSR count). The highest BCUT2D eigenvalue weighted by molar-refractivity contribution is 9.10. The summed E-state index contributed by atoms with van der Waals surface area (Å²) in [7, 11) is 0. The maximum atomic E-state index is 12.3. The zero-order valence-corrected chi connectivity index (χ0v) is 15.9. The molecule has 0 aliphatic rings. The van der Waals surface area contributed by atoms with Gasteiger partial charge in [0.1, 0.15) is 11.5 Å². The quantitative estimate of drug-likeness (QED) is 0.597. The van der Waals surface area contributed by atoms with Gasteiger partial charge in [-0.1, -0.05) is 48.0 Å². The molecule has 6 nitrogen and oxygen atoms in total. The normalized spacial score (nSPS) is 13.9. The topological polar surface area (TPSA) is 120 Å². The molecule has 0 aliphatic carbocycles. The number of carbonyl (C=O) groups excluding carboxylic acids is 1. The van der Waals surface area contributed by atoms with Gasteiger partial charge >= 0.3 is 0 Å². The maximum Gasteiger partial charge on any atom is 0.295 e. The summed E-state index contributed by atoms with van der Waals surface area (Å²) in [6, 6.07) is 12.1. The van der Waals surface area contributed by atoms with E-state index in [2.05, 4.69) is 25.9 Å². The van der Waals surface area contributed by atoms with Gasteiger partial charge < -0.3 is 16.2 Å². The van der Waals surface area contributed by atoms with Crippen molar-refractivity contribution in [2.45, 2.75) is 26.2 Å². The zero-order valence-electron chi connectivity index (χ0n) is 14.3. The van der Waals surface area contributed by atoms with E-state index in [1.54, 1.807) is 0 Å². The molecular formula is C18H22BrN3O3. The number of pyridine rings is 1. The Morgan fingerprint density at radius 3 is 2.32 bits per heavy atom. The first-order valence-corrected chi connectivity index (χ1v) is 8.38. The Hall–Kier alpha value is -2.25. The molecule has 0 saturated carbocycles. The van der Waals surface area contributed by atoms with E-state index in [0.29, 0.717) is 0 Å². The van der Waals surface area contributed by atoms with Crippen LogP contribution in [0.4, 0.5) is 0 Å². The Morgan fingerprint density at radius 2 is 1.80 bits per heavy atom. The van der Waals surface area contributed by atoms with E-state index in [-0.39, 0.29) is 28.5 Å². The summed E-state index contributed by atoms with van der Waals surface area (Å²) in [4.78, 5) is 30.2. The molecule has 1 aromatic heterocycles. The zero-order chi connectivity index (χ0) is 17.9. The molecule has 25 heavy (non-hydrogen) atoms. The van der Waals surface area contributed by atoms with Gasteiger partial charge in [-0.3, -0.25) is 9.59 Å². The van der Waals surface area contributed by atoms with Crippen LogP contribution in [-0.2, 0) is 5.41 Å². The van der Waals surface area contributed by atoms with Gasteiger partial charge in [0.05, 0.1) is 5.41 Å². The molecule has 0 bridgehead atoms. The number of aliphatic imine (C=N–C) groups is 1. The number of aromatic nitrogens is 1. The fraction of sp³-hybridized carbons (Fsp3) is 0.278. The van der Waals surface area contributed by atoms with Crippen LogP contribution in [0, 0.1) is 5.92 Å². The minimum absolute atomic E-state index is 0. The van der Waals surface area contributed by atoms with Gasteiger partial charge in [0.15, 0.2) is 0 Å². The number of halogens is 1. The van der Waals surface area contributed by atoms with Crippen molar-refractivity contribution < 1.29 is 10.3 Å². The predicted molar refractivity (Wildman–Crippen MR) is 103 cm³/mol. The average molecular weight is 408 g/mol. The standard InChI is InChI=1S/C18H20BrN3O2.H2O/c1-11(2)18(3,12-7-9-13(19)10-8-12)17(20)22-16(24)14-5-4-6-15(23)21-14;/h4-11H,1-3H3,(H,21,23)(H2,20,22,24);1H2. The molecule has 1 heterocycles. The fourth-order valence-corrected chi connectivity index (χ4v) is 2.70. The molecule has 0 radical (unpaired) electrons. The average Bonchev–Trinajstić information content (AvgIpc) is 2.54. The third kappa shape index (κ3) is 4.43. The van der Waals surface area contributed by atoms with Crippen molar-refractivity contribution in [3.8, 4) is 0 Å². The van der Waals surface area contributed by atoms with Crippen molar-refractivity contribution in [3.05, 3.63) is 68.5 Å². The number of H-pyrrole nitrogens is 1. The first-order chi connectivity index (χ1) is 11.2. The van der Waals surface area contributed by atoms with E-state index in [1.807, 2.05) is 45.0 Å². The van der Waals surface area contributed by atoms with Crippen LogP contribution in [0.2, 0.25) is 0 Å². The van der Waals surface area contributed by atoms with Crippen LogP contribution in [0.5, 0.6) is 0 Å². The number of rotatable bonds is 4. The van der Waals surface area contributed by atoms with Crippen LogP contribution in [0.1, 0.15) is 36.8 Å². The molecule has 1 aromatic carbocycles. The highest BCUT2D eigenvalue weighted by Crippen LogP contribution is 2.33. The highest BCUT2D eigenvalue weighted by atomic mass is 79.9. The highest BCUT2D eigenvalue weighted by Gasteiger charge is 2.35. The van der Waals surface area contributed by atoms with Gasteiger partial charge in [-0.15, -0.1) is 0 Å². The van der Waals surface area contributed by atoms with Gasteiger partial charge in [0.2, 0.25) is 5.56 Å². The molecule has 7 heteroatoms. The summed E-state index contributed by atoms with van der Waals surface area (Å²) in [5.74, 6) is -0.228. The monoisotopic (exact) mass is 407 g/mol. The second kappa shape index (κ2) is 8.22. The minimum atomic E-state index is -0.606. The Balaban J connectivity index is 0.00000312. The summed E-state index contributed by atoms with van der Waals surface area (Å²) >= 11 is 3.41. The largest absolute Gasteiger partial charge is 0.412 e. The molecule has 5 N–H and O–H groups in total. The number of hydrogen-bond donors (Lipinski definition) is 2. The Labute approximate surface area is 154 Å². The summed E-state index contributed by atoms with van der Waals surface area (Å²) in [5.41, 5.74) is 6.35. The van der Waals surface area contributed by atoms with Gasteiger partial charge in [-0.25, -0.2) is 0 Å². The SMILES string of the molecule is CC(C)C(C)(C(N)=NC(=O)c1cccc(=O)[nH]1)c1ccc(Br)cc1.O. The number of benzene rings is 1. The van der Waals surface area contributed by atoms with E-state index in [1.165, 1.54) is 18.2 Å². The van der Waals surface area contributed by atoms with Gasteiger partial charge in [0.25, 0.3) is 5.91 Å². The van der Waals surface area contributed by atoms with E-state index < -0.39 is 11.3 Å². The summed E-state index contributed by atoms with van der Waals surface area (Å²) < 4.78 is 0.964. The molecule has 0 fully saturated rings. The van der Waals surface area contributed by atoms with Gasteiger partial charge in [-0.2, -0.15) is 4.99 Å². The summed E-state index contributed by atoms with van der Waals surface area (Å²) in [6.07, 6.45) is 0. The molecule has 1 atom stereocenters. The lowest BCUT2D eigenvalue weighted by Crippen LogP contribution is -2.43. The molecule has 0 saturated heterocycles. The Morgan fingerprint density at radius 1 is 1.20 bits per heavy atom. The molecule has 1 unspecified atom stereocenters. The predicted octanol–water partition coefficient (Wildman–Crippen LogP) is 2.42. The number of amides is 1. The van der Waals surface area contributed by atoms with Crippen LogP contribution < -0.4 is 11.3 Å². The van der Waals surface area contributed by atoms with Crippen molar-refractivity contribution in [1.82, 2.24) is 4.98 Å². The lowest BCUT2D eigenvalue weighted by Gasteiger charge is -2.33. The molecule has 0 aliphatic heterocycles. The minimum Gasteiger partial charge on any atom is -0.412 e.